The van der Waals surface area contributed by atoms with Gasteiger partial charge >= 0.3 is 0 Å². The van der Waals surface area contributed by atoms with E-state index in [1.807, 2.05) is 0 Å². The van der Waals surface area contributed by atoms with Crippen molar-refractivity contribution in [1.29, 1.82) is 0 Å². The van der Waals surface area contributed by atoms with E-state index in [0.717, 1.165) is 24.7 Å². The van der Waals surface area contributed by atoms with Gasteiger partial charge in [0, 0.05) is 5.92 Å². The molecule has 0 spiro atoms. The Labute approximate surface area is 197 Å². The molecule has 0 radical (unpaired) electrons. The van der Waals surface area contributed by atoms with E-state index in [-0.39, 0.29) is 17.4 Å². The van der Waals surface area contributed by atoms with Crippen LogP contribution in [0.5, 0.6) is 0 Å². The van der Waals surface area contributed by atoms with Crippen molar-refractivity contribution in [2.45, 2.75) is 119 Å². The summed E-state index contributed by atoms with van der Waals surface area (Å²) in [6.45, 7) is 17.7. The summed E-state index contributed by atoms with van der Waals surface area (Å²) in [6, 6.07) is 0. The number of hydrogen-bond donors (Lipinski definition) is 1. The van der Waals surface area contributed by atoms with Crippen molar-refractivity contribution in [3.63, 3.8) is 0 Å². The maximum atomic E-state index is 11.9. The molecule has 32 heavy (non-hydrogen) atoms. The highest BCUT2D eigenvalue weighted by atomic mass is 16.3. The first-order valence-corrected chi connectivity index (χ1v) is 14.0. The number of aldehydes is 1. The number of carbonyl (C=O) groups excluding carboxylic acids is 1. The quantitative estimate of drug-likeness (QED) is 0.433. The molecule has 182 valence electrons. The van der Waals surface area contributed by atoms with Gasteiger partial charge in [-0.25, -0.2) is 0 Å². The lowest BCUT2D eigenvalue weighted by molar-refractivity contribution is -0.255. The van der Waals surface area contributed by atoms with E-state index in [1.165, 1.54) is 57.7 Å². The Hall–Kier alpha value is -0.370. The van der Waals surface area contributed by atoms with E-state index in [1.54, 1.807) is 0 Å². The first-order chi connectivity index (χ1) is 14.8. The van der Waals surface area contributed by atoms with Crippen molar-refractivity contribution in [3.8, 4) is 0 Å². The highest BCUT2D eigenvalue weighted by molar-refractivity contribution is 5.54. The van der Waals surface area contributed by atoms with Crippen LogP contribution in [0.3, 0.4) is 0 Å². The second-order valence-corrected chi connectivity index (χ2v) is 14.9. The highest BCUT2D eigenvalue weighted by Crippen LogP contribution is 2.76. The van der Waals surface area contributed by atoms with Gasteiger partial charge in [0.2, 0.25) is 0 Å². The van der Waals surface area contributed by atoms with Crippen LogP contribution in [-0.4, -0.2) is 17.5 Å². The fourth-order valence-corrected chi connectivity index (χ4v) is 11.7. The number of aliphatic hydroxyl groups excluding tert-OH is 1. The number of aliphatic hydroxyl groups is 1. The third-order valence-corrected chi connectivity index (χ3v) is 13.8. The van der Waals surface area contributed by atoms with Crippen LogP contribution in [0.15, 0.2) is 0 Å². The van der Waals surface area contributed by atoms with Crippen LogP contribution in [-0.2, 0) is 4.79 Å². The Bertz CT molecular complexity index is 773. The van der Waals surface area contributed by atoms with Gasteiger partial charge in [0.1, 0.15) is 6.29 Å². The predicted octanol–water partition coefficient (Wildman–Crippen LogP) is 7.28. The van der Waals surface area contributed by atoms with Gasteiger partial charge in [0.15, 0.2) is 0 Å². The molecule has 2 heteroatoms. The molecular formula is C30H50O2. The molecule has 5 aliphatic rings. The zero-order chi connectivity index (χ0) is 23.3. The molecule has 5 rings (SSSR count). The average molecular weight is 443 g/mol. The molecule has 0 aromatic heterocycles. The van der Waals surface area contributed by atoms with Crippen molar-refractivity contribution in [2.24, 2.45) is 62.6 Å². The van der Waals surface area contributed by atoms with Gasteiger partial charge in [-0.1, -0.05) is 48.5 Å². The van der Waals surface area contributed by atoms with Gasteiger partial charge in [-0.2, -0.15) is 0 Å². The van der Waals surface area contributed by atoms with Crippen LogP contribution in [0.2, 0.25) is 0 Å². The molecule has 5 saturated carbocycles. The Morgan fingerprint density at radius 2 is 1.47 bits per heavy atom. The summed E-state index contributed by atoms with van der Waals surface area (Å²) in [7, 11) is 0. The Kier molecular flexibility index (Phi) is 5.17. The van der Waals surface area contributed by atoms with Crippen molar-refractivity contribution in [2.75, 3.05) is 0 Å². The lowest BCUT2D eigenvalue weighted by Gasteiger charge is -2.74. The van der Waals surface area contributed by atoms with E-state index in [9.17, 15) is 9.90 Å². The molecule has 0 saturated heterocycles. The van der Waals surface area contributed by atoms with E-state index < -0.39 is 0 Å². The minimum atomic E-state index is -0.143. The van der Waals surface area contributed by atoms with Crippen molar-refractivity contribution < 1.29 is 9.90 Å². The summed E-state index contributed by atoms with van der Waals surface area (Å²) >= 11 is 0. The molecule has 5 aliphatic carbocycles. The van der Waals surface area contributed by atoms with Gasteiger partial charge in [0.05, 0.1) is 6.10 Å². The normalized spacial score (nSPS) is 59.2. The maximum absolute atomic E-state index is 11.9. The van der Waals surface area contributed by atoms with Crippen LogP contribution >= 0.6 is 0 Å². The van der Waals surface area contributed by atoms with Crippen LogP contribution in [0.25, 0.3) is 0 Å². The molecule has 0 aromatic carbocycles. The summed E-state index contributed by atoms with van der Waals surface area (Å²) in [4.78, 5) is 11.9. The topological polar surface area (TPSA) is 37.3 Å². The van der Waals surface area contributed by atoms with Crippen LogP contribution in [0.1, 0.15) is 113 Å². The Morgan fingerprint density at radius 1 is 0.750 bits per heavy atom. The molecule has 0 amide bonds. The molecule has 11 unspecified atom stereocenters. The van der Waals surface area contributed by atoms with E-state index in [0.29, 0.717) is 39.4 Å². The number of rotatable bonds is 1. The third-order valence-electron chi connectivity index (χ3n) is 13.8. The van der Waals surface area contributed by atoms with Gasteiger partial charge in [-0.05, 0) is 121 Å². The second-order valence-electron chi connectivity index (χ2n) is 14.9. The third kappa shape index (κ3) is 2.71. The van der Waals surface area contributed by atoms with Gasteiger partial charge < -0.3 is 9.90 Å². The fourth-order valence-electron chi connectivity index (χ4n) is 11.7. The Morgan fingerprint density at radius 3 is 2.16 bits per heavy atom. The molecule has 2 nitrogen and oxygen atoms in total. The van der Waals surface area contributed by atoms with Crippen LogP contribution in [0, 0.1) is 62.6 Å². The predicted molar refractivity (Wildman–Crippen MR) is 131 cm³/mol. The van der Waals surface area contributed by atoms with E-state index in [2.05, 4.69) is 48.5 Å². The molecule has 0 heterocycles. The number of carbonyl (C=O) groups is 1. The molecule has 1 N–H and O–H groups in total. The Balaban J connectivity index is 1.53. The van der Waals surface area contributed by atoms with Gasteiger partial charge in [-0.3, -0.25) is 0 Å². The largest absolute Gasteiger partial charge is 0.393 e. The van der Waals surface area contributed by atoms with Crippen molar-refractivity contribution in [1.82, 2.24) is 0 Å². The minimum Gasteiger partial charge on any atom is -0.393 e. The zero-order valence-corrected chi connectivity index (χ0v) is 22.0. The van der Waals surface area contributed by atoms with Gasteiger partial charge in [0.25, 0.3) is 0 Å². The molecule has 0 aliphatic heterocycles. The number of fused-ring (bicyclic) bond motifs is 7. The lowest BCUT2D eigenvalue weighted by atomic mass is 9.31. The van der Waals surface area contributed by atoms with Crippen LogP contribution in [0.4, 0.5) is 0 Å². The fraction of sp³-hybridized carbons (Fsp3) is 0.967. The standard InChI is InChI=1S/C30H50O2/c1-19-20(18-31)10-13-27(4)16-17-29(6)21(25(19)27)8-9-23-28(5)14-12-24(32)26(2,3)22(28)11-15-30(23,29)7/h18-25,32H,8-17H2,1-7H3. The van der Waals surface area contributed by atoms with E-state index in [4.69, 9.17) is 0 Å². The van der Waals surface area contributed by atoms with E-state index >= 15 is 0 Å². The summed E-state index contributed by atoms with van der Waals surface area (Å²) < 4.78 is 0. The second kappa shape index (κ2) is 7.08. The first kappa shape index (κ1) is 23.4. The summed E-state index contributed by atoms with van der Waals surface area (Å²) in [5, 5.41) is 10.9. The summed E-state index contributed by atoms with van der Waals surface area (Å²) in [5.41, 5.74) is 1.59. The monoisotopic (exact) mass is 442 g/mol. The lowest BCUT2D eigenvalue weighted by Crippen LogP contribution is -2.67. The summed E-state index contributed by atoms with van der Waals surface area (Å²) in [6.07, 6.45) is 13.8. The van der Waals surface area contributed by atoms with Crippen LogP contribution < -0.4 is 0 Å². The zero-order valence-electron chi connectivity index (χ0n) is 22.0. The van der Waals surface area contributed by atoms with Crippen molar-refractivity contribution >= 4 is 6.29 Å². The minimum absolute atomic E-state index is 0.0340. The molecular weight excluding hydrogens is 392 g/mol. The molecule has 0 bridgehead atoms. The van der Waals surface area contributed by atoms with Crippen molar-refractivity contribution in [3.05, 3.63) is 0 Å². The first-order valence-electron chi connectivity index (χ1n) is 14.0. The van der Waals surface area contributed by atoms with Gasteiger partial charge in [-0.15, -0.1) is 0 Å². The summed E-state index contributed by atoms with van der Waals surface area (Å²) in [5.74, 6) is 3.69. The highest BCUT2D eigenvalue weighted by Gasteiger charge is 2.69. The molecule has 11 atom stereocenters. The number of hydrogen-bond acceptors (Lipinski definition) is 2. The molecule has 0 aromatic rings. The maximum Gasteiger partial charge on any atom is 0.123 e. The molecule has 5 fully saturated rings. The smallest absolute Gasteiger partial charge is 0.123 e. The average Bonchev–Trinajstić information content (AvgIpc) is 2.72. The SMILES string of the molecule is CC1C(C=O)CCC2(C)CCC3(C)C(CCC4C5(C)CCC(O)C(C)(C)C5CCC43C)C12.